The quantitative estimate of drug-likeness (QED) is 0.110. The smallest absolute Gasteiger partial charge is 0.426 e. The molecule has 4 N–H and O–H groups in total. The molecule has 0 aromatic heterocycles. The summed E-state index contributed by atoms with van der Waals surface area (Å²) in [6.07, 6.45) is 0.720. The highest BCUT2D eigenvalue weighted by molar-refractivity contribution is 5.91. The van der Waals surface area contributed by atoms with Crippen LogP contribution in [0, 0.1) is 0 Å². The highest BCUT2D eigenvalue weighted by Gasteiger charge is 2.35. The molecule has 0 spiro atoms. The van der Waals surface area contributed by atoms with E-state index in [4.69, 9.17) is 35.2 Å². The number of anilines is 2. The van der Waals surface area contributed by atoms with Crippen molar-refractivity contribution in [3.8, 4) is 17.2 Å². The molecule has 11 heteroatoms. The number of nitrogens with two attached hydrogens (primary N) is 2. The molecule has 0 bridgehead atoms. The fraction of sp³-hybridized carbons (Fsp3) is 0.267. The summed E-state index contributed by atoms with van der Waals surface area (Å²) < 4.78 is 55.4. The lowest BCUT2D eigenvalue weighted by atomic mass is 10.1. The van der Waals surface area contributed by atoms with E-state index in [2.05, 4.69) is 0 Å². The van der Waals surface area contributed by atoms with Crippen molar-refractivity contribution in [1.82, 2.24) is 0 Å². The monoisotopic (exact) mass is 570 g/mol. The highest BCUT2D eigenvalue weighted by atomic mass is 19.3. The van der Waals surface area contributed by atoms with Crippen molar-refractivity contribution in [1.29, 1.82) is 0 Å². The maximum atomic E-state index is 14.8. The molecule has 0 unspecified atom stereocenters. The normalized spacial score (nSPS) is 11.2. The minimum atomic E-state index is -3.64. The molecular formula is C30H32F2N2O7. The number of nitrogen functional groups attached to an aromatic ring is 2. The van der Waals surface area contributed by atoms with Crippen molar-refractivity contribution in [3.05, 3.63) is 83.4 Å². The molecule has 0 saturated carbocycles. The highest BCUT2D eigenvalue weighted by Crippen LogP contribution is 2.37. The van der Waals surface area contributed by atoms with E-state index in [0.29, 0.717) is 29.3 Å². The van der Waals surface area contributed by atoms with E-state index in [-0.39, 0.29) is 30.3 Å². The van der Waals surface area contributed by atoms with Crippen molar-refractivity contribution < 1.29 is 42.1 Å². The topological polar surface area (TPSA) is 132 Å². The molecule has 0 aliphatic heterocycles. The summed E-state index contributed by atoms with van der Waals surface area (Å²) in [6.45, 7) is 2.12. The number of rotatable bonds is 14. The molecule has 3 aromatic carbocycles. The molecule has 3 aromatic rings. The first-order valence-corrected chi connectivity index (χ1v) is 12.8. The number of hydrogen-bond donors (Lipinski definition) is 2. The van der Waals surface area contributed by atoms with Gasteiger partial charge in [-0.25, -0.2) is 9.59 Å². The average Bonchev–Trinajstić information content (AvgIpc) is 2.94. The Morgan fingerprint density at radius 3 is 2.22 bits per heavy atom. The first kappa shape index (κ1) is 30.7. The molecule has 0 heterocycles. The molecule has 218 valence electrons. The molecule has 0 fully saturated rings. The van der Waals surface area contributed by atoms with Crippen LogP contribution in [0.1, 0.15) is 41.3 Å². The number of hydrogen-bond acceptors (Lipinski definition) is 9. The Balaban J connectivity index is 1.48. The SMILES string of the molecule is CCCCOc1ccc(C(F)(F)Oc2ccc(/C=C/C(=O)OCCOC(=O)c3cc(N)cc(N)c3)cc2)cc1OC. The summed E-state index contributed by atoms with van der Waals surface area (Å²) in [6, 6.07) is 13.9. The number of carbonyl (C=O) groups is 2. The lowest BCUT2D eigenvalue weighted by Gasteiger charge is -2.20. The van der Waals surface area contributed by atoms with Gasteiger partial charge in [0.05, 0.1) is 24.8 Å². The summed E-state index contributed by atoms with van der Waals surface area (Å²) in [5, 5.41) is 0. The third-order valence-corrected chi connectivity index (χ3v) is 5.57. The molecule has 41 heavy (non-hydrogen) atoms. The fourth-order valence-electron chi connectivity index (χ4n) is 3.52. The number of esters is 2. The van der Waals surface area contributed by atoms with Gasteiger partial charge < -0.3 is 35.2 Å². The number of benzene rings is 3. The predicted molar refractivity (Wildman–Crippen MR) is 150 cm³/mol. The second-order valence-electron chi connectivity index (χ2n) is 8.78. The van der Waals surface area contributed by atoms with Crippen LogP contribution in [0.2, 0.25) is 0 Å². The van der Waals surface area contributed by atoms with Crippen LogP contribution in [0.4, 0.5) is 20.2 Å². The van der Waals surface area contributed by atoms with Gasteiger partial charge in [0.25, 0.3) is 0 Å². The van der Waals surface area contributed by atoms with Crippen molar-refractivity contribution in [2.45, 2.75) is 25.9 Å². The molecule has 0 aliphatic carbocycles. The standard InChI is InChI=1S/C30H32F2N2O7/c1-3-4-13-38-26-11-8-22(18-27(26)37-2)30(31,32)41-25-9-5-20(6-10-25)7-12-28(35)39-14-15-40-29(36)21-16-23(33)19-24(34)17-21/h5-12,16-19H,3-4,13-15,33-34H2,1-2H3/b12-7+. The average molecular weight is 571 g/mol. The van der Waals surface area contributed by atoms with Crippen molar-refractivity contribution >= 4 is 29.4 Å². The molecule has 3 rings (SSSR count). The van der Waals surface area contributed by atoms with Crippen LogP contribution in [-0.2, 0) is 20.4 Å². The van der Waals surface area contributed by atoms with Gasteiger partial charge in [0.15, 0.2) is 11.5 Å². The number of carbonyl (C=O) groups excluding carboxylic acids is 2. The maximum Gasteiger partial charge on any atom is 0.426 e. The Kier molecular flexibility index (Phi) is 10.9. The Morgan fingerprint density at radius 1 is 0.878 bits per heavy atom. The summed E-state index contributed by atoms with van der Waals surface area (Å²) in [7, 11) is 1.38. The van der Waals surface area contributed by atoms with E-state index in [1.165, 1.54) is 73.8 Å². The first-order valence-electron chi connectivity index (χ1n) is 12.8. The van der Waals surface area contributed by atoms with E-state index < -0.39 is 23.6 Å². The van der Waals surface area contributed by atoms with Crippen LogP contribution >= 0.6 is 0 Å². The van der Waals surface area contributed by atoms with Crippen LogP contribution in [-0.4, -0.2) is 38.9 Å². The first-order chi connectivity index (χ1) is 19.6. The summed E-state index contributed by atoms with van der Waals surface area (Å²) >= 11 is 0. The Hall–Kier alpha value is -4.80. The summed E-state index contributed by atoms with van der Waals surface area (Å²) in [5.41, 5.74) is 12.3. The van der Waals surface area contributed by atoms with Gasteiger partial charge in [-0.2, -0.15) is 8.78 Å². The number of halogens is 2. The van der Waals surface area contributed by atoms with Gasteiger partial charge in [-0.3, -0.25) is 0 Å². The zero-order chi connectivity index (χ0) is 29.8. The zero-order valence-electron chi connectivity index (χ0n) is 22.7. The van der Waals surface area contributed by atoms with E-state index in [1.54, 1.807) is 0 Å². The van der Waals surface area contributed by atoms with Gasteiger partial charge in [-0.05, 0) is 66.6 Å². The van der Waals surface area contributed by atoms with E-state index >= 15 is 0 Å². The van der Waals surface area contributed by atoms with Gasteiger partial charge in [-0.15, -0.1) is 0 Å². The van der Waals surface area contributed by atoms with Gasteiger partial charge in [0.2, 0.25) is 0 Å². The van der Waals surface area contributed by atoms with E-state index in [0.717, 1.165) is 18.9 Å². The van der Waals surface area contributed by atoms with Crippen molar-refractivity contribution in [2.75, 3.05) is 38.4 Å². The molecule has 0 saturated heterocycles. The lowest BCUT2D eigenvalue weighted by molar-refractivity contribution is -0.185. The van der Waals surface area contributed by atoms with Crippen LogP contribution < -0.4 is 25.7 Å². The third-order valence-electron chi connectivity index (χ3n) is 5.57. The second-order valence-corrected chi connectivity index (χ2v) is 8.78. The Bertz CT molecular complexity index is 1340. The Morgan fingerprint density at radius 2 is 1.56 bits per heavy atom. The number of ether oxygens (including phenoxy) is 5. The summed E-state index contributed by atoms with van der Waals surface area (Å²) in [5.74, 6) is -0.868. The van der Waals surface area contributed by atoms with Crippen molar-refractivity contribution in [3.63, 3.8) is 0 Å². The molecule has 9 nitrogen and oxygen atoms in total. The molecule has 0 radical (unpaired) electrons. The van der Waals surface area contributed by atoms with Crippen LogP contribution in [0.15, 0.2) is 66.7 Å². The van der Waals surface area contributed by atoms with Gasteiger partial charge in [0.1, 0.15) is 19.0 Å². The van der Waals surface area contributed by atoms with E-state index in [1.807, 2.05) is 6.92 Å². The molecular weight excluding hydrogens is 538 g/mol. The third kappa shape index (κ3) is 9.41. The number of alkyl halides is 2. The Labute approximate surface area is 236 Å². The predicted octanol–water partition coefficient (Wildman–Crippen LogP) is 5.58. The van der Waals surface area contributed by atoms with Crippen molar-refractivity contribution in [2.24, 2.45) is 0 Å². The largest absolute Gasteiger partial charge is 0.493 e. The fourth-order valence-corrected chi connectivity index (χ4v) is 3.52. The second kappa shape index (κ2) is 14.5. The minimum absolute atomic E-state index is 0.0827. The van der Waals surface area contributed by atoms with Crippen LogP contribution in [0.5, 0.6) is 17.2 Å². The minimum Gasteiger partial charge on any atom is -0.493 e. The maximum absolute atomic E-state index is 14.8. The molecule has 0 aliphatic rings. The molecule has 0 atom stereocenters. The number of unbranched alkanes of at least 4 members (excludes halogenated alkanes) is 1. The van der Waals surface area contributed by atoms with Crippen LogP contribution in [0.25, 0.3) is 6.08 Å². The molecule has 0 amide bonds. The van der Waals surface area contributed by atoms with E-state index in [9.17, 15) is 18.4 Å². The summed E-state index contributed by atoms with van der Waals surface area (Å²) in [4.78, 5) is 24.0. The van der Waals surface area contributed by atoms with Gasteiger partial charge in [0, 0.05) is 17.5 Å². The van der Waals surface area contributed by atoms with Gasteiger partial charge >= 0.3 is 18.0 Å². The van der Waals surface area contributed by atoms with Gasteiger partial charge in [-0.1, -0.05) is 25.5 Å². The van der Waals surface area contributed by atoms with Crippen LogP contribution in [0.3, 0.4) is 0 Å². The number of methoxy groups -OCH3 is 1. The zero-order valence-corrected chi connectivity index (χ0v) is 22.7. The lowest BCUT2D eigenvalue weighted by Crippen LogP contribution is -2.22.